The first kappa shape index (κ1) is 20.4. The van der Waals surface area contributed by atoms with E-state index in [1.807, 2.05) is 6.07 Å². The molecule has 0 bridgehead atoms. The van der Waals surface area contributed by atoms with Gasteiger partial charge < -0.3 is 15.3 Å². The number of terminal acetylenes is 1. The van der Waals surface area contributed by atoms with Gasteiger partial charge in [-0.2, -0.15) is 0 Å². The largest absolute Gasteiger partial charge is 0.390 e. The highest BCUT2D eigenvalue weighted by atomic mass is 19.2. The topological polar surface area (TPSA) is 86.5 Å². The van der Waals surface area contributed by atoms with Crippen LogP contribution in [0.15, 0.2) is 42.7 Å². The molecule has 0 spiro atoms. The van der Waals surface area contributed by atoms with E-state index in [4.69, 9.17) is 6.42 Å². The third kappa shape index (κ3) is 3.54. The summed E-state index contributed by atoms with van der Waals surface area (Å²) in [4.78, 5) is 8.58. The highest BCUT2D eigenvalue weighted by molar-refractivity contribution is 5.86. The van der Waals surface area contributed by atoms with Crippen LogP contribution in [0.1, 0.15) is 29.3 Å². The molecule has 3 aromatic rings. The Balaban J connectivity index is 1.59. The summed E-state index contributed by atoms with van der Waals surface area (Å²) in [7, 11) is 0. The number of nitrogens with zero attached hydrogens (tertiary/aromatic N) is 2. The molecule has 5 atom stereocenters. The minimum Gasteiger partial charge on any atom is -0.390 e. The fourth-order valence-electron chi connectivity index (χ4n) is 4.29. The number of aliphatic hydroxyl groups excluding tert-OH is 3. The summed E-state index contributed by atoms with van der Waals surface area (Å²) in [6, 6.07) is 8.54. The van der Waals surface area contributed by atoms with Gasteiger partial charge in [-0.3, -0.25) is 0 Å². The fourth-order valence-corrected chi connectivity index (χ4v) is 4.29. The lowest BCUT2D eigenvalue weighted by Gasteiger charge is -2.22. The SMILES string of the molecule is C#Cc1cccc2c(C[C@@H]3C[C@H](C(O)c4ccc(F)c(F)c4)[C@@H](O)[C@H]3O)ncnc12. The summed E-state index contributed by atoms with van der Waals surface area (Å²) >= 11 is 0. The third-order valence-corrected chi connectivity index (χ3v) is 5.90. The van der Waals surface area contributed by atoms with Gasteiger partial charge in [0.2, 0.25) is 0 Å². The summed E-state index contributed by atoms with van der Waals surface area (Å²) in [6.07, 6.45) is 4.00. The van der Waals surface area contributed by atoms with Crippen LogP contribution in [0.25, 0.3) is 10.9 Å². The molecule has 154 valence electrons. The second-order valence-electron chi connectivity index (χ2n) is 7.63. The Labute approximate surface area is 172 Å². The van der Waals surface area contributed by atoms with E-state index in [0.29, 0.717) is 23.2 Å². The van der Waals surface area contributed by atoms with Crippen molar-refractivity contribution in [1.82, 2.24) is 9.97 Å². The second-order valence-corrected chi connectivity index (χ2v) is 7.63. The van der Waals surface area contributed by atoms with Gasteiger partial charge in [0, 0.05) is 11.3 Å². The average molecular weight is 410 g/mol. The van der Waals surface area contributed by atoms with Crippen LogP contribution in [0.3, 0.4) is 0 Å². The van der Waals surface area contributed by atoms with Crippen LogP contribution in [0.5, 0.6) is 0 Å². The number of aliphatic hydroxyl groups is 3. The van der Waals surface area contributed by atoms with Gasteiger partial charge in [0.15, 0.2) is 11.6 Å². The van der Waals surface area contributed by atoms with E-state index in [9.17, 15) is 24.1 Å². The average Bonchev–Trinajstić information content (AvgIpc) is 3.03. The molecule has 7 heteroatoms. The molecule has 0 aliphatic heterocycles. The van der Waals surface area contributed by atoms with Gasteiger partial charge in [-0.25, -0.2) is 18.7 Å². The van der Waals surface area contributed by atoms with Crippen molar-refractivity contribution < 1.29 is 24.1 Å². The highest BCUT2D eigenvalue weighted by Gasteiger charge is 2.45. The predicted octanol–water partition coefficient (Wildman–Crippen LogP) is 2.52. The Morgan fingerprint density at radius 1 is 1.10 bits per heavy atom. The number of para-hydroxylation sites is 1. The van der Waals surface area contributed by atoms with Crippen LogP contribution in [0, 0.1) is 35.8 Å². The van der Waals surface area contributed by atoms with E-state index in [1.165, 1.54) is 12.4 Å². The highest BCUT2D eigenvalue weighted by Crippen LogP contribution is 2.41. The summed E-state index contributed by atoms with van der Waals surface area (Å²) in [5.74, 6) is -0.630. The first-order chi connectivity index (χ1) is 14.4. The Morgan fingerprint density at radius 2 is 1.90 bits per heavy atom. The zero-order valence-electron chi connectivity index (χ0n) is 15.9. The molecule has 1 fully saturated rings. The van der Waals surface area contributed by atoms with Crippen LogP contribution in [0.2, 0.25) is 0 Å². The van der Waals surface area contributed by atoms with Gasteiger partial charge in [0.05, 0.1) is 35.1 Å². The van der Waals surface area contributed by atoms with Crippen LogP contribution in [0.4, 0.5) is 8.78 Å². The minimum absolute atomic E-state index is 0.150. The van der Waals surface area contributed by atoms with Crippen molar-refractivity contribution in [3.8, 4) is 12.3 Å². The van der Waals surface area contributed by atoms with Gasteiger partial charge in [0.1, 0.15) is 6.33 Å². The molecule has 0 amide bonds. The Morgan fingerprint density at radius 3 is 2.63 bits per heavy atom. The molecule has 1 saturated carbocycles. The first-order valence-corrected chi connectivity index (χ1v) is 9.59. The molecule has 1 aliphatic carbocycles. The number of halogens is 2. The van der Waals surface area contributed by atoms with Gasteiger partial charge >= 0.3 is 0 Å². The molecule has 0 radical (unpaired) electrons. The summed E-state index contributed by atoms with van der Waals surface area (Å²) < 4.78 is 26.7. The molecule has 1 heterocycles. The maximum Gasteiger partial charge on any atom is 0.159 e. The fraction of sp³-hybridized carbons (Fsp3) is 0.304. The van der Waals surface area contributed by atoms with Gasteiger partial charge in [-0.05, 0) is 42.5 Å². The number of hydrogen-bond acceptors (Lipinski definition) is 5. The van der Waals surface area contributed by atoms with Crippen molar-refractivity contribution in [3.63, 3.8) is 0 Å². The Kier molecular flexibility index (Phi) is 5.48. The maximum absolute atomic E-state index is 13.5. The van der Waals surface area contributed by atoms with Crippen molar-refractivity contribution in [2.75, 3.05) is 0 Å². The van der Waals surface area contributed by atoms with E-state index in [0.717, 1.165) is 17.5 Å². The van der Waals surface area contributed by atoms with Gasteiger partial charge in [0.25, 0.3) is 0 Å². The summed E-state index contributed by atoms with van der Waals surface area (Å²) in [5.41, 5.74) is 2.10. The van der Waals surface area contributed by atoms with Crippen molar-refractivity contribution in [2.24, 2.45) is 11.8 Å². The molecule has 30 heavy (non-hydrogen) atoms. The van der Waals surface area contributed by atoms with Crippen molar-refractivity contribution in [1.29, 1.82) is 0 Å². The van der Waals surface area contributed by atoms with Crippen LogP contribution in [-0.2, 0) is 6.42 Å². The van der Waals surface area contributed by atoms with E-state index in [2.05, 4.69) is 15.9 Å². The number of aromatic nitrogens is 2. The van der Waals surface area contributed by atoms with E-state index in [-0.39, 0.29) is 12.0 Å². The number of fused-ring (bicyclic) bond motifs is 1. The maximum atomic E-state index is 13.5. The molecular weight excluding hydrogens is 390 g/mol. The molecule has 4 rings (SSSR count). The van der Waals surface area contributed by atoms with Crippen molar-refractivity contribution in [3.05, 3.63) is 71.2 Å². The molecular formula is C23H20F2N2O3. The van der Waals surface area contributed by atoms with Crippen molar-refractivity contribution in [2.45, 2.75) is 31.2 Å². The molecule has 1 unspecified atom stereocenters. The third-order valence-electron chi connectivity index (χ3n) is 5.90. The lowest BCUT2D eigenvalue weighted by Crippen LogP contribution is -2.31. The van der Waals surface area contributed by atoms with Crippen molar-refractivity contribution >= 4 is 10.9 Å². The standard InChI is InChI=1S/C23H20F2N2O3/c1-2-12-4-3-5-15-19(26-11-27-20(12)15)10-14-8-16(23(30)22(14)29)21(28)13-6-7-17(24)18(25)9-13/h1,3-7,9,11,14,16,21-23,28-30H,8,10H2/t14-,16+,21?,22-,23+/m0/s1. The van der Waals surface area contributed by atoms with E-state index >= 15 is 0 Å². The summed E-state index contributed by atoms with van der Waals surface area (Å²) in [5, 5.41) is 32.5. The number of hydrogen-bond donors (Lipinski definition) is 3. The van der Waals surface area contributed by atoms with Gasteiger partial charge in [-0.15, -0.1) is 6.42 Å². The Bertz CT molecular complexity index is 1130. The zero-order valence-corrected chi connectivity index (χ0v) is 15.9. The lowest BCUT2D eigenvalue weighted by atomic mass is 9.91. The van der Waals surface area contributed by atoms with Gasteiger partial charge in [-0.1, -0.05) is 24.1 Å². The quantitative estimate of drug-likeness (QED) is 0.576. The van der Waals surface area contributed by atoms with Crippen LogP contribution < -0.4 is 0 Å². The lowest BCUT2D eigenvalue weighted by molar-refractivity contribution is -0.0278. The normalized spacial score (nSPS) is 24.7. The first-order valence-electron chi connectivity index (χ1n) is 9.59. The monoisotopic (exact) mass is 410 g/mol. The second kappa shape index (κ2) is 8.07. The molecule has 1 aliphatic rings. The molecule has 2 aromatic carbocycles. The molecule has 0 saturated heterocycles. The van der Waals surface area contributed by atoms with Crippen LogP contribution >= 0.6 is 0 Å². The number of rotatable bonds is 4. The smallest absolute Gasteiger partial charge is 0.159 e. The van der Waals surface area contributed by atoms with E-state index in [1.54, 1.807) is 12.1 Å². The molecule has 3 N–H and O–H groups in total. The van der Waals surface area contributed by atoms with E-state index < -0.39 is 41.8 Å². The predicted molar refractivity (Wildman–Crippen MR) is 106 cm³/mol. The summed E-state index contributed by atoms with van der Waals surface area (Å²) in [6.45, 7) is 0. The number of benzene rings is 2. The van der Waals surface area contributed by atoms with Crippen LogP contribution in [-0.4, -0.2) is 37.5 Å². The zero-order chi connectivity index (χ0) is 21.4. The Hall–Kier alpha value is -2.92. The minimum atomic E-state index is -1.25. The molecule has 1 aromatic heterocycles. The molecule has 5 nitrogen and oxygen atoms in total.